The van der Waals surface area contributed by atoms with Crippen LogP contribution in [0.2, 0.25) is 0 Å². The van der Waals surface area contributed by atoms with Gasteiger partial charge >= 0.3 is 0 Å². The molecule has 1 unspecified atom stereocenters. The first-order valence-corrected chi connectivity index (χ1v) is 8.54. The molecule has 0 aliphatic heterocycles. The first kappa shape index (κ1) is 17.8. The Hall–Kier alpha value is -1.59. The third-order valence-corrected chi connectivity index (χ3v) is 5.38. The number of amides is 1. The molecule has 4 nitrogen and oxygen atoms in total. The molecule has 0 spiro atoms. The Bertz CT molecular complexity index is 714. The van der Waals surface area contributed by atoms with Gasteiger partial charge in [-0.25, -0.2) is 4.98 Å². The lowest BCUT2D eigenvalue weighted by atomic mass is 9.89. The van der Waals surface area contributed by atoms with Gasteiger partial charge in [-0.1, -0.05) is 19.4 Å². The summed E-state index contributed by atoms with van der Waals surface area (Å²) in [5, 5.41) is 3.63. The first-order valence-electron chi connectivity index (χ1n) is 7.73. The van der Waals surface area contributed by atoms with E-state index in [4.69, 9.17) is 5.73 Å². The molecule has 0 radical (unpaired) electrons. The van der Waals surface area contributed by atoms with Crippen molar-refractivity contribution in [2.24, 2.45) is 5.92 Å². The minimum atomic E-state index is -0.136. The maximum absolute atomic E-state index is 12.4. The standard InChI is InChI=1S/C17H21N3OS.ClH/c1-3-11-5-7-14-15(8-11)22-17(19-14)20-16(21)13-9-12(18)6-4-10(13)2;/h4,6,9,11H,3,5,7-8,18H2,1-2H3,(H,19,20,21);1H. The quantitative estimate of drug-likeness (QED) is 0.813. The van der Waals surface area contributed by atoms with E-state index in [2.05, 4.69) is 17.2 Å². The lowest BCUT2D eigenvalue weighted by Crippen LogP contribution is -2.14. The Labute approximate surface area is 146 Å². The second-order valence-corrected chi connectivity index (χ2v) is 7.02. The number of nitrogens with zero attached hydrogens (tertiary/aromatic N) is 1. The van der Waals surface area contributed by atoms with Crippen molar-refractivity contribution in [2.75, 3.05) is 11.1 Å². The lowest BCUT2D eigenvalue weighted by molar-refractivity contribution is 0.102. The number of aromatic nitrogens is 1. The van der Waals surface area contributed by atoms with Crippen molar-refractivity contribution in [3.63, 3.8) is 0 Å². The molecule has 0 bridgehead atoms. The number of aryl methyl sites for hydroxylation is 2. The third kappa shape index (κ3) is 3.85. The van der Waals surface area contributed by atoms with E-state index in [9.17, 15) is 4.79 Å². The number of carbonyl (C=O) groups is 1. The fourth-order valence-electron chi connectivity index (χ4n) is 2.89. The first-order chi connectivity index (χ1) is 10.6. The molecule has 3 rings (SSSR count). The summed E-state index contributed by atoms with van der Waals surface area (Å²) in [6.07, 6.45) is 4.53. The highest BCUT2D eigenvalue weighted by molar-refractivity contribution is 7.15. The Kier molecular flexibility index (Phi) is 5.65. The number of thiazole rings is 1. The summed E-state index contributed by atoms with van der Waals surface area (Å²) in [6, 6.07) is 5.38. The number of halogens is 1. The zero-order chi connectivity index (χ0) is 15.7. The maximum atomic E-state index is 12.4. The van der Waals surface area contributed by atoms with E-state index in [1.54, 1.807) is 23.5 Å². The zero-order valence-corrected chi connectivity index (χ0v) is 15.0. The van der Waals surface area contributed by atoms with Gasteiger partial charge in [0, 0.05) is 16.1 Å². The molecule has 1 aliphatic rings. The van der Waals surface area contributed by atoms with Gasteiger partial charge in [-0.3, -0.25) is 10.1 Å². The molecule has 1 aromatic heterocycles. The van der Waals surface area contributed by atoms with E-state index in [1.165, 1.54) is 17.7 Å². The summed E-state index contributed by atoms with van der Waals surface area (Å²) in [4.78, 5) is 18.3. The topological polar surface area (TPSA) is 68.0 Å². The summed E-state index contributed by atoms with van der Waals surface area (Å²) in [6.45, 7) is 4.15. The molecule has 3 N–H and O–H groups in total. The molecule has 2 aromatic rings. The molecule has 1 heterocycles. The molecule has 6 heteroatoms. The fraction of sp³-hybridized carbons (Fsp3) is 0.412. The van der Waals surface area contributed by atoms with Crippen LogP contribution in [0.3, 0.4) is 0 Å². The Balaban J connectivity index is 0.00000192. The molecule has 0 saturated heterocycles. The summed E-state index contributed by atoms with van der Waals surface area (Å²) in [5.41, 5.74) is 9.06. The van der Waals surface area contributed by atoms with Gasteiger partial charge in [0.15, 0.2) is 5.13 Å². The molecule has 124 valence electrons. The molecule has 23 heavy (non-hydrogen) atoms. The van der Waals surface area contributed by atoms with Gasteiger partial charge in [0.1, 0.15) is 0 Å². The third-order valence-electron chi connectivity index (χ3n) is 4.35. The van der Waals surface area contributed by atoms with Gasteiger partial charge < -0.3 is 5.73 Å². The number of carbonyl (C=O) groups excluding carboxylic acids is 1. The van der Waals surface area contributed by atoms with Crippen LogP contribution in [0.5, 0.6) is 0 Å². The van der Waals surface area contributed by atoms with Crippen molar-refractivity contribution < 1.29 is 4.79 Å². The monoisotopic (exact) mass is 351 g/mol. The van der Waals surface area contributed by atoms with E-state index in [-0.39, 0.29) is 18.3 Å². The van der Waals surface area contributed by atoms with Gasteiger partial charge in [-0.2, -0.15) is 0 Å². The highest BCUT2D eigenvalue weighted by Gasteiger charge is 2.22. The fourth-order valence-corrected chi connectivity index (χ4v) is 4.01. The van der Waals surface area contributed by atoms with Gasteiger partial charge in [0.2, 0.25) is 0 Å². The smallest absolute Gasteiger partial charge is 0.257 e. The second-order valence-electron chi connectivity index (χ2n) is 5.93. The minimum Gasteiger partial charge on any atom is -0.399 e. The van der Waals surface area contributed by atoms with Crippen LogP contribution in [0.4, 0.5) is 10.8 Å². The van der Waals surface area contributed by atoms with Crippen LogP contribution in [0.1, 0.15) is 46.3 Å². The number of fused-ring (bicyclic) bond motifs is 1. The van der Waals surface area contributed by atoms with Gasteiger partial charge in [-0.05, 0) is 49.8 Å². The van der Waals surface area contributed by atoms with Gasteiger partial charge in [0.25, 0.3) is 5.91 Å². The predicted octanol–water partition coefficient (Wildman–Crippen LogP) is 4.22. The number of nitrogens with two attached hydrogens (primary N) is 1. The van der Waals surface area contributed by atoms with Crippen LogP contribution in [0.25, 0.3) is 0 Å². The second kappa shape index (κ2) is 7.32. The molecular weight excluding hydrogens is 330 g/mol. The SMILES string of the molecule is CCC1CCc2nc(NC(=O)c3cc(N)ccc3C)sc2C1.Cl. The van der Waals surface area contributed by atoms with Crippen LogP contribution < -0.4 is 11.1 Å². The maximum Gasteiger partial charge on any atom is 0.257 e. The van der Waals surface area contributed by atoms with Crippen LogP contribution in [0, 0.1) is 12.8 Å². The summed E-state index contributed by atoms with van der Waals surface area (Å²) >= 11 is 1.61. The molecule has 0 fully saturated rings. The highest BCUT2D eigenvalue weighted by Crippen LogP contribution is 2.33. The normalized spacial score (nSPS) is 16.3. The molecule has 1 amide bonds. The summed E-state index contributed by atoms with van der Waals surface area (Å²) in [7, 11) is 0. The van der Waals surface area contributed by atoms with E-state index >= 15 is 0 Å². The number of hydrogen-bond donors (Lipinski definition) is 2. The molecule has 1 atom stereocenters. The van der Waals surface area contributed by atoms with Crippen molar-refractivity contribution in [3.05, 3.63) is 39.9 Å². The Morgan fingerprint density at radius 1 is 1.48 bits per heavy atom. The summed E-state index contributed by atoms with van der Waals surface area (Å²) in [5.74, 6) is 0.621. The van der Waals surface area contributed by atoms with Crippen LogP contribution in [-0.2, 0) is 12.8 Å². The van der Waals surface area contributed by atoms with E-state index in [0.717, 1.165) is 30.0 Å². The Morgan fingerprint density at radius 3 is 3.00 bits per heavy atom. The number of hydrogen-bond acceptors (Lipinski definition) is 4. The van der Waals surface area contributed by atoms with E-state index < -0.39 is 0 Å². The van der Waals surface area contributed by atoms with Crippen molar-refractivity contribution in [3.8, 4) is 0 Å². The van der Waals surface area contributed by atoms with Gasteiger partial charge in [-0.15, -0.1) is 23.7 Å². The van der Waals surface area contributed by atoms with Crippen molar-refractivity contribution >= 4 is 40.5 Å². The number of anilines is 2. The predicted molar refractivity (Wildman–Crippen MR) is 98.7 cm³/mol. The minimum absolute atomic E-state index is 0. The average Bonchev–Trinajstić information content (AvgIpc) is 2.90. The number of benzene rings is 1. The molecule has 0 saturated carbocycles. The largest absolute Gasteiger partial charge is 0.399 e. The van der Waals surface area contributed by atoms with Crippen molar-refractivity contribution in [1.29, 1.82) is 0 Å². The Morgan fingerprint density at radius 2 is 2.26 bits per heavy atom. The van der Waals surface area contributed by atoms with Crippen molar-refractivity contribution in [1.82, 2.24) is 4.98 Å². The zero-order valence-electron chi connectivity index (χ0n) is 13.4. The molecule has 1 aliphatic carbocycles. The van der Waals surface area contributed by atoms with Crippen molar-refractivity contribution in [2.45, 2.75) is 39.5 Å². The molecule has 1 aromatic carbocycles. The van der Waals surface area contributed by atoms with E-state index in [0.29, 0.717) is 16.4 Å². The van der Waals surface area contributed by atoms with Crippen LogP contribution >= 0.6 is 23.7 Å². The number of rotatable bonds is 3. The molecular formula is C17H22ClN3OS. The number of nitrogens with one attached hydrogen (secondary N) is 1. The van der Waals surface area contributed by atoms with E-state index in [1.807, 2.05) is 13.0 Å². The van der Waals surface area contributed by atoms with Gasteiger partial charge in [0.05, 0.1) is 5.69 Å². The lowest BCUT2D eigenvalue weighted by Gasteiger charge is -2.18. The van der Waals surface area contributed by atoms with Crippen LogP contribution in [-0.4, -0.2) is 10.9 Å². The summed E-state index contributed by atoms with van der Waals surface area (Å²) < 4.78 is 0. The highest BCUT2D eigenvalue weighted by atomic mass is 35.5. The average molecular weight is 352 g/mol. The number of nitrogen functional groups attached to an aromatic ring is 1. The van der Waals surface area contributed by atoms with Crippen LogP contribution in [0.15, 0.2) is 18.2 Å².